The Kier molecular flexibility index (Phi) is 6.01. The molecule has 130 valence electrons. The Morgan fingerprint density at radius 3 is 2.46 bits per heavy atom. The first kappa shape index (κ1) is 18.0. The normalized spacial score (nSPS) is 17.0. The number of aliphatic carboxylic acids is 1. The number of benzene rings is 1. The van der Waals surface area contributed by atoms with Gasteiger partial charge in [-0.3, -0.25) is 4.79 Å². The third-order valence-electron chi connectivity index (χ3n) is 4.80. The van der Waals surface area contributed by atoms with Crippen LogP contribution in [0, 0.1) is 0 Å². The molecule has 24 heavy (non-hydrogen) atoms. The van der Waals surface area contributed by atoms with E-state index in [0.717, 1.165) is 37.0 Å². The lowest BCUT2D eigenvalue weighted by molar-refractivity contribution is -0.143. The van der Waals surface area contributed by atoms with Crippen LogP contribution in [0.4, 0.5) is 0 Å². The second-order valence-electron chi connectivity index (χ2n) is 6.25. The predicted octanol–water partition coefficient (Wildman–Crippen LogP) is 3.04. The number of allylic oxidation sites excluding steroid dienone is 1. The quantitative estimate of drug-likeness (QED) is 0.718. The molecule has 1 aromatic rings. The maximum Gasteiger partial charge on any atom is 0.326 e. The Balaban J connectivity index is 2.23. The lowest BCUT2D eigenvalue weighted by Crippen LogP contribution is -2.49. The highest BCUT2D eigenvalue weighted by atomic mass is 16.5. The number of hydrogen-bond donors (Lipinski definition) is 2. The summed E-state index contributed by atoms with van der Waals surface area (Å²) < 4.78 is 5.18. The fourth-order valence-corrected chi connectivity index (χ4v) is 3.37. The number of nitrogens with one attached hydrogen (secondary N) is 1. The molecule has 0 aromatic heterocycles. The van der Waals surface area contributed by atoms with Crippen LogP contribution in [0.1, 0.15) is 44.1 Å². The van der Waals surface area contributed by atoms with Crippen molar-refractivity contribution >= 4 is 11.9 Å². The van der Waals surface area contributed by atoms with E-state index in [0.29, 0.717) is 12.8 Å². The molecule has 0 aliphatic heterocycles. The topological polar surface area (TPSA) is 75.6 Å². The highest BCUT2D eigenvalue weighted by molar-refractivity contribution is 5.91. The number of hydrogen-bond acceptors (Lipinski definition) is 3. The molecule has 0 bridgehead atoms. The lowest BCUT2D eigenvalue weighted by atomic mass is 9.77. The largest absolute Gasteiger partial charge is 0.497 e. The number of ether oxygens (including phenoxy) is 1. The molecule has 5 nitrogen and oxygen atoms in total. The predicted molar refractivity (Wildman–Crippen MR) is 92.1 cm³/mol. The average Bonchev–Trinajstić information content (AvgIpc) is 3.09. The van der Waals surface area contributed by atoms with Crippen molar-refractivity contribution in [2.75, 3.05) is 7.11 Å². The zero-order chi connectivity index (χ0) is 17.6. The number of carboxylic acid groups (broad SMARTS) is 1. The van der Waals surface area contributed by atoms with Crippen molar-refractivity contribution < 1.29 is 19.4 Å². The summed E-state index contributed by atoms with van der Waals surface area (Å²) in [4.78, 5) is 24.4. The molecule has 5 heteroatoms. The van der Waals surface area contributed by atoms with Gasteiger partial charge < -0.3 is 15.2 Å². The van der Waals surface area contributed by atoms with Crippen LogP contribution in [0.5, 0.6) is 5.75 Å². The molecule has 0 saturated heterocycles. The molecule has 0 heterocycles. The van der Waals surface area contributed by atoms with Gasteiger partial charge in [0.2, 0.25) is 5.91 Å². The molecule has 0 spiro atoms. The smallest absolute Gasteiger partial charge is 0.326 e. The van der Waals surface area contributed by atoms with Crippen LogP contribution >= 0.6 is 0 Å². The molecular formula is C19H25NO4. The van der Waals surface area contributed by atoms with Gasteiger partial charge in [-0.1, -0.05) is 31.1 Å². The summed E-state index contributed by atoms with van der Waals surface area (Å²) in [6, 6.07) is 6.61. The van der Waals surface area contributed by atoms with Crippen LogP contribution in [-0.2, 0) is 15.0 Å². The molecule has 2 rings (SSSR count). The number of rotatable bonds is 8. The molecule has 1 aliphatic carbocycles. The fraction of sp³-hybridized carbons (Fsp3) is 0.474. The van der Waals surface area contributed by atoms with Crippen molar-refractivity contribution in [3.05, 3.63) is 42.5 Å². The van der Waals surface area contributed by atoms with E-state index in [1.165, 1.54) is 0 Å². The van der Waals surface area contributed by atoms with Crippen molar-refractivity contribution in [2.24, 2.45) is 0 Å². The van der Waals surface area contributed by atoms with Crippen LogP contribution in [0.3, 0.4) is 0 Å². The second-order valence-corrected chi connectivity index (χ2v) is 6.25. The number of carbonyl (C=O) groups is 2. The van der Waals surface area contributed by atoms with E-state index in [9.17, 15) is 14.7 Å². The first-order chi connectivity index (χ1) is 11.5. The van der Waals surface area contributed by atoms with Gasteiger partial charge in [-0.2, -0.15) is 0 Å². The molecule has 1 amide bonds. The molecule has 1 unspecified atom stereocenters. The molecule has 1 saturated carbocycles. The maximum absolute atomic E-state index is 13.0. The first-order valence-electron chi connectivity index (χ1n) is 8.32. The minimum Gasteiger partial charge on any atom is -0.497 e. The molecule has 2 N–H and O–H groups in total. The zero-order valence-corrected chi connectivity index (χ0v) is 14.1. The van der Waals surface area contributed by atoms with Gasteiger partial charge in [0.05, 0.1) is 12.5 Å². The minimum atomic E-state index is -1.01. The Morgan fingerprint density at radius 1 is 1.33 bits per heavy atom. The van der Waals surface area contributed by atoms with E-state index >= 15 is 0 Å². The number of methoxy groups -OCH3 is 1. The second kappa shape index (κ2) is 7.99. The molecule has 0 radical (unpaired) electrons. The fourth-order valence-electron chi connectivity index (χ4n) is 3.37. The van der Waals surface area contributed by atoms with Crippen molar-refractivity contribution in [2.45, 2.75) is 50.0 Å². The van der Waals surface area contributed by atoms with Crippen LogP contribution in [0.15, 0.2) is 36.9 Å². The molecule has 1 atom stereocenters. The Hall–Kier alpha value is -2.30. The third kappa shape index (κ3) is 3.78. The SMILES string of the molecule is C=CCCC(NC(=O)C1(c2ccc(OC)cc2)CCCC1)C(=O)O. The van der Waals surface area contributed by atoms with E-state index in [2.05, 4.69) is 11.9 Å². The van der Waals surface area contributed by atoms with E-state index in [1.807, 2.05) is 24.3 Å². The zero-order valence-electron chi connectivity index (χ0n) is 14.1. The van der Waals surface area contributed by atoms with Gasteiger partial charge in [-0.25, -0.2) is 4.79 Å². The van der Waals surface area contributed by atoms with Gasteiger partial charge in [0.25, 0.3) is 0 Å². The van der Waals surface area contributed by atoms with Gasteiger partial charge in [0.15, 0.2) is 0 Å². The van der Waals surface area contributed by atoms with Crippen molar-refractivity contribution in [3.8, 4) is 5.75 Å². The summed E-state index contributed by atoms with van der Waals surface area (Å²) in [5.74, 6) is -0.462. The van der Waals surface area contributed by atoms with Gasteiger partial charge in [-0.05, 0) is 43.4 Å². The van der Waals surface area contributed by atoms with E-state index in [4.69, 9.17) is 4.74 Å². The summed E-state index contributed by atoms with van der Waals surface area (Å²) in [5, 5.41) is 12.1. The highest BCUT2D eigenvalue weighted by Gasteiger charge is 2.43. The van der Waals surface area contributed by atoms with Crippen LogP contribution in [0.2, 0.25) is 0 Å². The van der Waals surface area contributed by atoms with Gasteiger partial charge >= 0.3 is 5.97 Å². The van der Waals surface area contributed by atoms with Crippen LogP contribution in [0.25, 0.3) is 0 Å². The maximum atomic E-state index is 13.0. The average molecular weight is 331 g/mol. The summed E-state index contributed by atoms with van der Waals surface area (Å²) in [6.07, 6.45) is 5.96. The van der Waals surface area contributed by atoms with Crippen LogP contribution in [-0.4, -0.2) is 30.1 Å². The Labute approximate surface area is 142 Å². The van der Waals surface area contributed by atoms with Crippen molar-refractivity contribution in [1.29, 1.82) is 0 Å². The molecule has 1 fully saturated rings. The van der Waals surface area contributed by atoms with Crippen molar-refractivity contribution in [1.82, 2.24) is 5.32 Å². The summed E-state index contributed by atoms with van der Waals surface area (Å²) in [5.41, 5.74) is 0.278. The van der Waals surface area contributed by atoms with E-state index in [1.54, 1.807) is 13.2 Å². The lowest BCUT2D eigenvalue weighted by Gasteiger charge is -2.30. The Bertz CT molecular complexity index is 588. The van der Waals surface area contributed by atoms with Gasteiger partial charge in [-0.15, -0.1) is 6.58 Å². The first-order valence-corrected chi connectivity index (χ1v) is 8.32. The monoisotopic (exact) mass is 331 g/mol. The third-order valence-corrected chi connectivity index (χ3v) is 4.80. The van der Waals surface area contributed by atoms with E-state index < -0.39 is 17.4 Å². The molecule has 1 aliphatic rings. The number of carbonyl (C=O) groups excluding carboxylic acids is 1. The highest BCUT2D eigenvalue weighted by Crippen LogP contribution is 2.42. The number of carboxylic acids is 1. The van der Waals surface area contributed by atoms with Gasteiger partial charge in [0, 0.05) is 0 Å². The van der Waals surface area contributed by atoms with Crippen LogP contribution < -0.4 is 10.1 Å². The Morgan fingerprint density at radius 2 is 1.96 bits per heavy atom. The molecular weight excluding hydrogens is 306 g/mol. The molecule has 1 aromatic carbocycles. The summed E-state index contributed by atoms with van der Waals surface area (Å²) in [7, 11) is 1.60. The van der Waals surface area contributed by atoms with E-state index in [-0.39, 0.29) is 5.91 Å². The number of amides is 1. The summed E-state index contributed by atoms with van der Waals surface area (Å²) >= 11 is 0. The van der Waals surface area contributed by atoms with Gasteiger partial charge in [0.1, 0.15) is 11.8 Å². The standard InChI is InChI=1S/C19H25NO4/c1-3-4-7-16(17(21)22)20-18(23)19(12-5-6-13-19)14-8-10-15(24-2)11-9-14/h3,8-11,16H,1,4-7,12-13H2,2H3,(H,20,23)(H,21,22). The minimum absolute atomic E-state index is 0.193. The van der Waals surface area contributed by atoms with Crippen molar-refractivity contribution in [3.63, 3.8) is 0 Å². The summed E-state index contributed by atoms with van der Waals surface area (Å²) in [6.45, 7) is 3.61.